The Morgan fingerprint density at radius 2 is 1.96 bits per heavy atom. The second-order valence-electron chi connectivity index (χ2n) is 6.14. The average Bonchev–Trinajstić information content (AvgIpc) is 3.04. The number of benzene rings is 2. The molecule has 0 radical (unpaired) electrons. The first kappa shape index (κ1) is 16.0. The minimum absolute atomic E-state index is 0.540. The first-order valence-corrected chi connectivity index (χ1v) is 8.40. The van der Waals surface area contributed by atoms with Gasteiger partial charge in [0.15, 0.2) is 0 Å². The van der Waals surface area contributed by atoms with Gasteiger partial charge in [0.1, 0.15) is 5.84 Å². The zero-order valence-corrected chi connectivity index (χ0v) is 13.7. The highest BCUT2D eigenvalue weighted by atomic mass is 35.5. The molecule has 0 spiro atoms. The van der Waals surface area contributed by atoms with Crippen LogP contribution in [0.15, 0.2) is 59.6 Å². The number of aliphatic imine (C=N–C) groups is 1. The lowest BCUT2D eigenvalue weighted by Gasteiger charge is -2.13. The number of rotatable bonds is 4. The lowest BCUT2D eigenvalue weighted by molar-refractivity contribution is 0.229. The predicted octanol–water partition coefficient (Wildman–Crippen LogP) is 5.32. The lowest BCUT2D eigenvalue weighted by Crippen LogP contribution is -2.21. The van der Waals surface area contributed by atoms with Crippen LogP contribution in [0.25, 0.3) is 0 Å². The first-order valence-electron chi connectivity index (χ1n) is 8.03. The maximum Gasteiger partial charge on any atom is 0.126 e. The minimum Gasteiger partial charge on any atom is -0.290 e. The van der Waals surface area contributed by atoms with E-state index in [1.165, 1.54) is 12.0 Å². The summed E-state index contributed by atoms with van der Waals surface area (Å²) in [6.07, 6.45) is 4.26. The zero-order chi connectivity index (χ0) is 16.1. The summed E-state index contributed by atoms with van der Waals surface area (Å²) in [7, 11) is 0. The van der Waals surface area contributed by atoms with Crippen LogP contribution in [0.4, 0.5) is 5.69 Å². The van der Waals surface area contributed by atoms with Crippen LogP contribution >= 0.6 is 11.6 Å². The fraction of sp³-hybridized carbons (Fsp3) is 0.316. The van der Waals surface area contributed by atoms with E-state index in [-0.39, 0.29) is 0 Å². The zero-order valence-electron chi connectivity index (χ0n) is 13.0. The molecule has 4 heteroatoms. The van der Waals surface area contributed by atoms with Gasteiger partial charge in [-0.25, -0.2) is 4.99 Å². The van der Waals surface area contributed by atoms with E-state index in [1.54, 1.807) is 6.07 Å². The molecule has 1 aliphatic carbocycles. The summed E-state index contributed by atoms with van der Waals surface area (Å²) >= 11 is 5.98. The molecular weight excluding hydrogens is 308 g/mol. The van der Waals surface area contributed by atoms with E-state index in [2.05, 4.69) is 40.8 Å². The van der Waals surface area contributed by atoms with Gasteiger partial charge in [-0.05, 0) is 54.9 Å². The molecule has 120 valence electrons. The molecule has 1 saturated carbocycles. The highest BCUT2D eigenvalue weighted by Crippen LogP contribution is 2.39. The summed E-state index contributed by atoms with van der Waals surface area (Å²) in [5, 5.41) is 10.0. The first-order chi connectivity index (χ1) is 11.2. The van der Waals surface area contributed by atoms with Crippen molar-refractivity contribution < 1.29 is 5.21 Å². The predicted molar refractivity (Wildman–Crippen MR) is 94.6 cm³/mol. The molecule has 0 aromatic heterocycles. The van der Waals surface area contributed by atoms with E-state index < -0.39 is 0 Å². The number of amidine groups is 1. The molecule has 2 aromatic carbocycles. The summed E-state index contributed by atoms with van der Waals surface area (Å²) in [4.78, 5) is 4.47. The SMILES string of the molecule is ONC(CC1CC[C@H](c2ccccc2)C1)=Nc1cccc(Cl)c1. The molecule has 0 amide bonds. The number of hydrogen-bond donors (Lipinski definition) is 2. The molecule has 0 bridgehead atoms. The van der Waals surface area contributed by atoms with Gasteiger partial charge in [-0.3, -0.25) is 10.7 Å². The number of hydroxylamine groups is 1. The van der Waals surface area contributed by atoms with E-state index in [0.29, 0.717) is 22.7 Å². The van der Waals surface area contributed by atoms with Crippen LogP contribution in [-0.2, 0) is 0 Å². The molecule has 1 aliphatic rings. The molecule has 3 nitrogen and oxygen atoms in total. The highest BCUT2D eigenvalue weighted by Gasteiger charge is 2.26. The Morgan fingerprint density at radius 1 is 1.13 bits per heavy atom. The Bertz CT molecular complexity index is 672. The van der Waals surface area contributed by atoms with Crippen molar-refractivity contribution in [1.82, 2.24) is 5.48 Å². The lowest BCUT2D eigenvalue weighted by atomic mass is 9.95. The Morgan fingerprint density at radius 3 is 2.70 bits per heavy atom. The Labute approximate surface area is 142 Å². The summed E-state index contributed by atoms with van der Waals surface area (Å²) in [6, 6.07) is 18.0. The Hall–Kier alpha value is -1.84. The fourth-order valence-corrected chi connectivity index (χ4v) is 3.56. The smallest absolute Gasteiger partial charge is 0.126 e. The van der Waals surface area contributed by atoms with Gasteiger partial charge < -0.3 is 0 Å². The molecule has 23 heavy (non-hydrogen) atoms. The van der Waals surface area contributed by atoms with Crippen molar-refractivity contribution in [2.24, 2.45) is 10.9 Å². The van der Waals surface area contributed by atoms with E-state index in [1.807, 2.05) is 18.2 Å². The standard InChI is InChI=1S/C19H21ClN2O/c20-17-7-4-8-18(13-17)21-19(22-23)12-14-9-10-16(11-14)15-5-2-1-3-6-15/h1-8,13-14,16,23H,9-12H2,(H,21,22)/t14?,16-/m0/s1. The second kappa shape index (κ2) is 7.62. The number of nitrogens with one attached hydrogen (secondary N) is 1. The summed E-state index contributed by atoms with van der Waals surface area (Å²) in [6.45, 7) is 0. The Kier molecular flexibility index (Phi) is 5.31. The van der Waals surface area contributed by atoms with Gasteiger partial charge in [-0.15, -0.1) is 0 Å². The number of halogens is 1. The number of hydrogen-bond acceptors (Lipinski definition) is 2. The van der Waals surface area contributed by atoms with E-state index >= 15 is 0 Å². The summed E-state index contributed by atoms with van der Waals surface area (Å²) in [5.74, 6) is 1.76. The summed E-state index contributed by atoms with van der Waals surface area (Å²) in [5.41, 5.74) is 4.43. The van der Waals surface area contributed by atoms with E-state index in [0.717, 1.165) is 24.9 Å². The summed E-state index contributed by atoms with van der Waals surface area (Å²) < 4.78 is 0. The molecule has 2 N–H and O–H groups in total. The largest absolute Gasteiger partial charge is 0.290 e. The van der Waals surface area contributed by atoms with Crippen molar-refractivity contribution >= 4 is 23.1 Å². The van der Waals surface area contributed by atoms with Crippen molar-refractivity contribution in [2.45, 2.75) is 31.6 Å². The highest BCUT2D eigenvalue weighted by molar-refractivity contribution is 6.30. The van der Waals surface area contributed by atoms with Gasteiger partial charge in [0, 0.05) is 11.4 Å². The topological polar surface area (TPSA) is 44.6 Å². The van der Waals surface area contributed by atoms with Crippen LogP contribution < -0.4 is 5.48 Å². The van der Waals surface area contributed by atoms with E-state index in [4.69, 9.17) is 11.6 Å². The van der Waals surface area contributed by atoms with Crippen molar-refractivity contribution in [1.29, 1.82) is 0 Å². The van der Waals surface area contributed by atoms with Gasteiger partial charge >= 0.3 is 0 Å². The molecule has 1 unspecified atom stereocenters. The average molecular weight is 329 g/mol. The third-order valence-electron chi connectivity index (χ3n) is 4.50. The monoisotopic (exact) mass is 328 g/mol. The molecule has 2 aromatic rings. The van der Waals surface area contributed by atoms with Crippen LogP contribution in [0.1, 0.15) is 37.2 Å². The van der Waals surface area contributed by atoms with Crippen molar-refractivity contribution in [3.8, 4) is 0 Å². The van der Waals surface area contributed by atoms with Crippen molar-refractivity contribution in [3.05, 3.63) is 65.2 Å². The molecule has 0 heterocycles. The Balaban J connectivity index is 1.64. The molecule has 0 aliphatic heterocycles. The van der Waals surface area contributed by atoms with Crippen LogP contribution in [0.3, 0.4) is 0 Å². The minimum atomic E-state index is 0.540. The van der Waals surface area contributed by atoms with Gasteiger partial charge in [-0.2, -0.15) is 0 Å². The van der Waals surface area contributed by atoms with Gasteiger partial charge in [0.25, 0.3) is 0 Å². The van der Waals surface area contributed by atoms with Crippen LogP contribution in [0.2, 0.25) is 5.02 Å². The second-order valence-corrected chi connectivity index (χ2v) is 6.58. The third kappa shape index (κ3) is 4.34. The van der Waals surface area contributed by atoms with Crippen LogP contribution in [0.5, 0.6) is 0 Å². The van der Waals surface area contributed by atoms with Crippen LogP contribution in [-0.4, -0.2) is 11.0 Å². The van der Waals surface area contributed by atoms with E-state index in [9.17, 15) is 5.21 Å². The maximum atomic E-state index is 9.39. The van der Waals surface area contributed by atoms with Gasteiger partial charge in [0.2, 0.25) is 0 Å². The molecule has 1 fully saturated rings. The van der Waals surface area contributed by atoms with Crippen LogP contribution in [0, 0.1) is 5.92 Å². The molecule has 0 saturated heterocycles. The third-order valence-corrected chi connectivity index (χ3v) is 4.73. The quantitative estimate of drug-likeness (QED) is 0.453. The van der Waals surface area contributed by atoms with Crippen molar-refractivity contribution in [3.63, 3.8) is 0 Å². The molecular formula is C19H21ClN2O. The normalized spacial score (nSPS) is 21.4. The molecule has 3 rings (SSSR count). The maximum absolute atomic E-state index is 9.39. The van der Waals surface area contributed by atoms with Gasteiger partial charge in [0.05, 0.1) is 5.69 Å². The molecule has 2 atom stereocenters. The van der Waals surface area contributed by atoms with Gasteiger partial charge in [-0.1, -0.05) is 48.0 Å². The number of nitrogens with zero attached hydrogens (tertiary/aromatic N) is 1. The van der Waals surface area contributed by atoms with Crippen molar-refractivity contribution in [2.75, 3.05) is 0 Å². The fourth-order valence-electron chi connectivity index (χ4n) is 3.38.